The van der Waals surface area contributed by atoms with E-state index in [1.54, 1.807) is 6.92 Å². The number of rotatable bonds is 5. The number of hydrogen-bond acceptors (Lipinski definition) is 4. The van der Waals surface area contributed by atoms with Crippen molar-refractivity contribution in [3.05, 3.63) is 0 Å². The molecule has 0 aliphatic heterocycles. The van der Waals surface area contributed by atoms with Crippen molar-refractivity contribution < 1.29 is 9.90 Å². The van der Waals surface area contributed by atoms with Crippen LogP contribution in [0.15, 0.2) is 0 Å². The lowest BCUT2D eigenvalue weighted by Gasteiger charge is -2.34. The van der Waals surface area contributed by atoms with Gasteiger partial charge in [0.25, 0.3) is 0 Å². The Morgan fingerprint density at radius 2 is 1.94 bits per heavy atom. The number of nitrogens with zero attached hydrogens (tertiary/aromatic N) is 1. The number of amides is 1. The molecule has 18 heavy (non-hydrogen) atoms. The SMILES string of the molecule is CN(C)CC(C)(O)CNC(=O)C1(N)CCCCC1. The van der Waals surface area contributed by atoms with E-state index < -0.39 is 11.1 Å². The molecule has 1 unspecified atom stereocenters. The number of nitrogens with two attached hydrogens (primary N) is 1. The second-order valence-corrected chi connectivity index (χ2v) is 6.13. The van der Waals surface area contributed by atoms with Crippen LogP contribution in [0.2, 0.25) is 0 Å². The first kappa shape index (κ1) is 15.4. The molecule has 4 N–H and O–H groups in total. The van der Waals surface area contributed by atoms with Crippen LogP contribution >= 0.6 is 0 Å². The van der Waals surface area contributed by atoms with Gasteiger partial charge in [-0.25, -0.2) is 0 Å². The van der Waals surface area contributed by atoms with Gasteiger partial charge in [0, 0.05) is 13.1 Å². The fourth-order valence-corrected chi connectivity index (χ4v) is 2.59. The van der Waals surface area contributed by atoms with Gasteiger partial charge in [-0.05, 0) is 33.9 Å². The standard InChI is InChI=1S/C13H27N3O2/c1-12(18,10-16(2)3)9-15-11(17)13(14)7-5-4-6-8-13/h18H,4-10,14H2,1-3H3,(H,15,17). The molecule has 5 heteroatoms. The number of likely N-dealkylation sites (N-methyl/N-ethyl adjacent to an activating group) is 1. The summed E-state index contributed by atoms with van der Waals surface area (Å²) in [4.78, 5) is 14.0. The molecule has 0 aromatic carbocycles. The molecule has 0 aromatic heterocycles. The summed E-state index contributed by atoms with van der Waals surface area (Å²) < 4.78 is 0. The van der Waals surface area contributed by atoms with Crippen LogP contribution in [0.5, 0.6) is 0 Å². The zero-order valence-corrected chi connectivity index (χ0v) is 11.8. The van der Waals surface area contributed by atoms with E-state index in [0.717, 1.165) is 32.1 Å². The third-order valence-electron chi connectivity index (χ3n) is 3.48. The topological polar surface area (TPSA) is 78.6 Å². The third kappa shape index (κ3) is 4.55. The van der Waals surface area contributed by atoms with Gasteiger partial charge in [-0.1, -0.05) is 19.3 Å². The highest BCUT2D eigenvalue weighted by Crippen LogP contribution is 2.26. The molecule has 1 saturated carbocycles. The molecule has 1 aliphatic rings. The van der Waals surface area contributed by atoms with Crippen molar-refractivity contribution in [1.82, 2.24) is 10.2 Å². The zero-order chi connectivity index (χ0) is 13.8. The predicted octanol–water partition coefficient (Wildman–Crippen LogP) is 0.0768. The normalized spacial score (nSPS) is 22.6. The van der Waals surface area contributed by atoms with E-state index >= 15 is 0 Å². The van der Waals surface area contributed by atoms with Crippen molar-refractivity contribution in [3.63, 3.8) is 0 Å². The van der Waals surface area contributed by atoms with Crippen LogP contribution < -0.4 is 11.1 Å². The molecular weight excluding hydrogens is 230 g/mol. The van der Waals surface area contributed by atoms with Gasteiger partial charge >= 0.3 is 0 Å². The molecule has 0 spiro atoms. The number of carbonyl (C=O) groups excluding carboxylic acids is 1. The summed E-state index contributed by atoms with van der Waals surface area (Å²) in [6, 6.07) is 0. The summed E-state index contributed by atoms with van der Waals surface area (Å²) in [6.45, 7) is 2.46. The van der Waals surface area contributed by atoms with E-state index in [1.165, 1.54) is 0 Å². The minimum Gasteiger partial charge on any atom is -0.387 e. The van der Waals surface area contributed by atoms with Gasteiger partial charge in [0.2, 0.25) is 5.91 Å². The van der Waals surface area contributed by atoms with Crippen LogP contribution in [0.1, 0.15) is 39.0 Å². The van der Waals surface area contributed by atoms with Crippen molar-refractivity contribution >= 4 is 5.91 Å². The lowest BCUT2D eigenvalue weighted by Crippen LogP contribution is -2.58. The lowest BCUT2D eigenvalue weighted by molar-refractivity contribution is -0.128. The van der Waals surface area contributed by atoms with Crippen LogP contribution in [0.25, 0.3) is 0 Å². The van der Waals surface area contributed by atoms with Gasteiger partial charge in [-0.3, -0.25) is 4.79 Å². The van der Waals surface area contributed by atoms with Crippen molar-refractivity contribution in [1.29, 1.82) is 0 Å². The second-order valence-electron chi connectivity index (χ2n) is 6.13. The van der Waals surface area contributed by atoms with Crippen molar-refractivity contribution in [2.45, 2.75) is 50.2 Å². The highest BCUT2D eigenvalue weighted by atomic mass is 16.3. The zero-order valence-electron chi connectivity index (χ0n) is 11.8. The van der Waals surface area contributed by atoms with Crippen LogP contribution in [0.3, 0.4) is 0 Å². The number of nitrogens with one attached hydrogen (secondary N) is 1. The van der Waals surface area contributed by atoms with Gasteiger partial charge in [-0.15, -0.1) is 0 Å². The van der Waals surface area contributed by atoms with Gasteiger partial charge in [0.05, 0.1) is 11.1 Å². The predicted molar refractivity (Wildman–Crippen MR) is 72.2 cm³/mol. The fourth-order valence-electron chi connectivity index (χ4n) is 2.59. The number of aliphatic hydroxyl groups is 1. The molecule has 1 fully saturated rings. The summed E-state index contributed by atoms with van der Waals surface area (Å²) in [5, 5.41) is 12.9. The molecule has 0 aromatic rings. The molecule has 1 atom stereocenters. The van der Waals surface area contributed by atoms with E-state index in [2.05, 4.69) is 5.32 Å². The summed E-state index contributed by atoms with van der Waals surface area (Å²) in [5.74, 6) is -0.124. The van der Waals surface area contributed by atoms with Crippen LogP contribution in [-0.2, 0) is 4.79 Å². The van der Waals surface area contributed by atoms with Crippen LogP contribution in [0, 0.1) is 0 Å². The first-order valence-electron chi connectivity index (χ1n) is 6.69. The summed E-state index contributed by atoms with van der Waals surface area (Å²) in [7, 11) is 3.78. The Morgan fingerprint density at radius 3 is 2.44 bits per heavy atom. The molecule has 106 valence electrons. The first-order valence-corrected chi connectivity index (χ1v) is 6.69. The second kappa shape index (κ2) is 5.99. The highest BCUT2D eigenvalue weighted by Gasteiger charge is 2.36. The van der Waals surface area contributed by atoms with Gasteiger partial charge in [-0.2, -0.15) is 0 Å². The minimum absolute atomic E-state index is 0.124. The number of hydrogen-bond donors (Lipinski definition) is 3. The first-order chi connectivity index (χ1) is 8.25. The van der Waals surface area contributed by atoms with Gasteiger partial charge in [0.15, 0.2) is 0 Å². The average molecular weight is 257 g/mol. The van der Waals surface area contributed by atoms with E-state index in [-0.39, 0.29) is 12.5 Å². The van der Waals surface area contributed by atoms with E-state index in [0.29, 0.717) is 6.54 Å². The number of carbonyl (C=O) groups is 1. The van der Waals surface area contributed by atoms with Gasteiger partial charge in [0.1, 0.15) is 0 Å². The van der Waals surface area contributed by atoms with E-state index in [4.69, 9.17) is 5.73 Å². The van der Waals surface area contributed by atoms with E-state index in [1.807, 2.05) is 19.0 Å². The monoisotopic (exact) mass is 257 g/mol. The minimum atomic E-state index is -0.926. The summed E-state index contributed by atoms with van der Waals surface area (Å²) in [6.07, 6.45) is 4.67. The maximum atomic E-state index is 12.1. The molecule has 0 heterocycles. The Morgan fingerprint density at radius 1 is 1.39 bits per heavy atom. The Balaban J connectivity index is 2.45. The molecule has 1 rings (SSSR count). The molecule has 5 nitrogen and oxygen atoms in total. The van der Waals surface area contributed by atoms with E-state index in [9.17, 15) is 9.90 Å². The van der Waals surface area contributed by atoms with Gasteiger partial charge < -0.3 is 21.1 Å². The summed E-state index contributed by atoms with van der Waals surface area (Å²) in [5.41, 5.74) is 4.47. The quantitative estimate of drug-likeness (QED) is 0.651. The molecule has 1 aliphatic carbocycles. The molecule has 1 amide bonds. The third-order valence-corrected chi connectivity index (χ3v) is 3.48. The smallest absolute Gasteiger partial charge is 0.240 e. The Hall–Kier alpha value is -0.650. The van der Waals surface area contributed by atoms with Crippen molar-refractivity contribution in [2.24, 2.45) is 5.73 Å². The van der Waals surface area contributed by atoms with Crippen molar-refractivity contribution in [2.75, 3.05) is 27.2 Å². The summed E-state index contributed by atoms with van der Waals surface area (Å²) >= 11 is 0. The maximum absolute atomic E-state index is 12.1. The molecule has 0 bridgehead atoms. The lowest BCUT2D eigenvalue weighted by atomic mass is 9.82. The fraction of sp³-hybridized carbons (Fsp3) is 0.923. The highest BCUT2D eigenvalue weighted by molar-refractivity contribution is 5.86. The Labute approximate surface area is 110 Å². The Kier molecular flexibility index (Phi) is 5.13. The maximum Gasteiger partial charge on any atom is 0.240 e. The van der Waals surface area contributed by atoms with Crippen molar-refractivity contribution in [3.8, 4) is 0 Å². The largest absolute Gasteiger partial charge is 0.387 e. The Bertz CT molecular complexity index is 284. The van der Waals surface area contributed by atoms with Crippen LogP contribution in [0.4, 0.5) is 0 Å². The van der Waals surface area contributed by atoms with Crippen LogP contribution in [-0.4, -0.2) is 54.2 Å². The average Bonchev–Trinajstić information content (AvgIpc) is 2.25. The molecule has 0 radical (unpaired) electrons. The molecule has 0 saturated heterocycles. The molecular formula is C13H27N3O2.